The van der Waals surface area contributed by atoms with Gasteiger partial charge >= 0.3 is 0 Å². The first-order valence-corrected chi connectivity index (χ1v) is 9.33. The third-order valence-electron chi connectivity index (χ3n) is 4.91. The summed E-state index contributed by atoms with van der Waals surface area (Å²) >= 11 is 1.45. The van der Waals surface area contributed by atoms with Crippen molar-refractivity contribution in [1.82, 2.24) is 15.2 Å². The first-order chi connectivity index (χ1) is 10.8. The Morgan fingerprint density at radius 1 is 1.27 bits per heavy atom. The van der Waals surface area contributed by atoms with E-state index < -0.39 is 0 Å². The Hall–Kier alpha value is -0.980. The van der Waals surface area contributed by atoms with Crippen LogP contribution in [0.1, 0.15) is 60.4 Å². The van der Waals surface area contributed by atoms with Gasteiger partial charge in [-0.2, -0.15) is 0 Å². The van der Waals surface area contributed by atoms with Gasteiger partial charge in [-0.05, 0) is 25.7 Å². The molecule has 0 spiro atoms. The first kappa shape index (κ1) is 15.9. The van der Waals surface area contributed by atoms with Crippen LogP contribution < -0.4 is 11.1 Å². The van der Waals surface area contributed by atoms with Crippen molar-refractivity contribution in [2.45, 2.75) is 63.6 Å². The van der Waals surface area contributed by atoms with Gasteiger partial charge in [-0.1, -0.05) is 19.3 Å². The zero-order chi connectivity index (χ0) is 15.4. The molecule has 3 N–H and O–H groups in total. The standard InChI is InChI=1S/C16H26N4OS/c17-10-15-19-14(11-22-15)16(21)18-12-6-8-20(9-7-12)13-4-2-1-3-5-13/h11-13H,1-10,17H2,(H,18,21). The Labute approximate surface area is 136 Å². The van der Waals surface area contributed by atoms with Crippen molar-refractivity contribution in [1.29, 1.82) is 0 Å². The van der Waals surface area contributed by atoms with Crippen molar-refractivity contribution in [2.75, 3.05) is 13.1 Å². The Morgan fingerprint density at radius 2 is 2.00 bits per heavy atom. The number of carbonyl (C=O) groups excluding carboxylic acids is 1. The number of hydrogen-bond donors (Lipinski definition) is 2. The second-order valence-electron chi connectivity index (χ2n) is 6.41. The van der Waals surface area contributed by atoms with Gasteiger partial charge in [-0.3, -0.25) is 4.79 Å². The van der Waals surface area contributed by atoms with Gasteiger partial charge in [-0.25, -0.2) is 4.98 Å². The van der Waals surface area contributed by atoms with Gasteiger partial charge in [0, 0.05) is 37.1 Å². The smallest absolute Gasteiger partial charge is 0.270 e. The number of hydrogen-bond acceptors (Lipinski definition) is 5. The van der Waals surface area contributed by atoms with Crippen LogP contribution in [0.2, 0.25) is 0 Å². The van der Waals surface area contributed by atoms with Crippen LogP contribution in [0.3, 0.4) is 0 Å². The zero-order valence-electron chi connectivity index (χ0n) is 13.1. The minimum absolute atomic E-state index is 0.0490. The van der Waals surface area contributed by atoms with E-state index in [4.69, 9.17) is 5.73 Å². The Balaban J connectivity index is 1.46. The molecule has 2 fully saturated rings. The van der Waals surface area contributed by atoms with Gasteiger partial charge in [0.05, 0.1) is 0 Å². The molecule has 0 atom stereocenters. The average Bonchev–Trinajstić information content (AvgIpc) is 3.06. The number of aromatic nitrogens is 1. The molecule has 1 saturated heterocycles. The zero-order valence-corrected chi connectivity index (χ0v) is 13.9. The normalized spacial score (nSPS) is 21.9. The number of nitrogens with one attached hydrogen (secondary N) is 1. The molecule has 1 aliphatic carbocycles. The summed E-state index contributed by atoms with van der Waals surface area (Å²) in [6.45, 7) is 2.62. The van der Waals surface area contributed by atoms with Gasteiger partial charge in [-0.15, -0.1) is 11.3 Å². The molecule has 0 bridgehead atoms. The lowest BCUT2D eigenvalue weighted by Gasteiger charge is -2.39. The molecule has 22 heavy (non-hydrogen) atoms. The summed E-state index contributed by atoms with van der Waals surface area (Å²) in [4.78, 5) is 19.1. The van der Waals surface area contributed by atoms with Crippen molar-refractivity contribution < 1.29 is 4.79 Å². The molecule has 0 radical (unpaired) electrons. The predicted molar refractivity (Wildman–Crippen MR) is 88.9 cm³/mol. The summed E-state index contributed by atoms with van der Waals surface area (Å²) in [6, 6.07) is 1.08. The second kappa shape index (κ2) is 7.53. The first-order valence-electron chi connectivity index (χ1n) is 8.45. The topological polar surface area (TPSA) is 71.2 Å². The average molecular weight is 322 g/mol. The van der Waals surface area contributed by atoms with Crippen LogP contribution in [0.5, 0.6) is 0 Å². The van der Waals surface area contributed by atoms with Crippen LogP contribution in [-0.2, 0) is 6.54 Å². The monoisotopic (exact) mass is 322 g/mol. The lowest BCUT2D eigenvalue weighted by Crippen LogP contribution is -2.48. The lowest BCUT2D eigenvalue weighted by atomic mass is 9.92. The molecule has 0 aromatic carbocycles. The van der Waals surface area contributed by atoms with Crippen LogP contribution in [0, 0.1) is 0 Å². The summed E-state index contributed by atoms with van der Waals surface area (Å²) < 4.78 is 0. The molecule has 122 valence electrons. The largest absolute Gasteiger partial charge is 0.348 e. The maximum absolute atomic E-state index is 12.2. The van der Waals surface area contributed by atoms with Crippen molar-refractivity contribution in [3.8, 4) is 0 Å². The predicted octanol–water partition coefficient (Wildman–Crippen LogP) is 2.13. The van der Waals surface area contributed by atoms with Crippen LogP contribution >= 0.6 is 11.3 Å². The Kier molecular flexibility index (Phi) is 5.44. The van der Waals surface area contributed by atoms with E-state index in [-0.39, 0.29) is 11.9 Å². The van der Waals surface area contributed by atoms with Gasteiger partial charge in [0.2, 0.25) is 0 Å². The van der Waals surface area contributed by atoms with E-state index in [1.807, 2.05) is 0 Å². The molecule has 1 saturated carbocycles. The third kappa shape index (κ3) is 3.86. The number of thiazole rings is 1. The molecule has 1 aliphatic heterocycles. The molecular weight excluding hydrogens is 296 g/mol. The number of nitrogens with two attached hydrogens (primary N) is 1. The van der Waals surface area contributed by atoms with Crippen LogP contribution in [0.15, 0.2) is 5.38 Å². The molecule has 1 aromatic rings. The molecule has 1 aromatic heterocycles. The van der Waals surface area contributed by atoms with E-state index in [1.54, 1.807) is 5.38 Å². The highest BCUT2D eigenvalue weighted by molar-refractivity contribution is 7.09. The molecule has 1 amide bonds. The minimum Gasteiger partial charge on any atom is -0.348 e. The Morgan fingerprint density at radius 3 is 2.64 bits per heavy atom. The highest BCUT2D eigenvalue weighted by Gasteiger charge is 2.27. The van der Waals surface area contributed by atoms with Crippen LogP contribution in [0.25, 0.3) is 0 Å². The van der Waals surface area contributed by atoms with Gasteiger partial charge in [0.25, 0.3) is 5.91 Å². The lowest BCUT2D eigenvalue weighted by molar-refractivity contribution is 0.0861. The van der Waals surface area contributed by atoms with E-state index >= 15 is 0 Å². The number of rotatable bonds is 4. The fourth-order valence-electron chi connectivity index (χ4n) is 3.62. The quantitative estimate of drug-likeness (QED) is 0.891. The molecule has 3 rings (SSSR count). The van der Waals surface area contributed by atoms with Crippen molar-refractivity contribution in [3.63, 3.8) is 0 Å². The molecular formula is C16H26N4OS. The highest BCUT2D eigenvalue weighted by Crippen LogP contribution is 2.25. The summed E-state index contributed by atoms with van der Waals surface area (Å²) in [6.07, 6.45) is 8.99. The number of nitrogens with zero attached hydrogens (tertiary/aromatic N) is 2. The SMILES string of the molecule is NCc1nc(C(=O)NC2CCN(C3CCCCC3)CC2)cs1. The maximum atomic E-state index is 12.2. The van der Waals surface area contributed by atoms with Crippen LogP contribution in [-0.4, -0.2) is 41.0 Å². The van der Waals surface area contributed by atoms with Gasteiger partial charge in [0.15, 0.2) is 0 Å². The molecule has 0 unspecified atom stereocenters. The van der Waals surface area contributed by atoms with E-state index in [0.717, 1.165) is 37.0 Å². The third-order valence-corrected chi connectivity index (χ3v) is 5.79. The number of piperidine rings is 1. The molecule has 2 heterocycles. The van der Waals surface area contributed by atoms with E-state index in [0.29, 0.717) is 12.2 Å². The van der Waals surface area contributed by atoms with E-state index in [1.165, 1.54) is 43.4 Å². The summed E-state index contributed by atoms with van der Waals surface area (Å²) in [5, 5.41) is 5.75. The maximum Gasteiger partial charge on any atom is 0.270 e. The summed E-state index contributed by atoms with van der Waals surface area (Å²) in [5.74, 6) is -0.0490. The number of amides is 1. The van der Waals surface area contributed by atoms with Crippen molar-refractivity contribution in [2.24, 2.45) is 5.73 Å². The Bertz CT molecular complexity index is 490. The fraction of sp³-hybridized carbons (Fsp3) is 0.750. The summed E-state index contributed by atoms with van der Waals surface area (Å²) in [5.41, 5.74) is 6.06. The number of likely N-dealkylation sites (tertiary alicyclic amines) is 1. The van der Waals surface area contributed by atoms with E-state index in [2.05, 4.69) is 15.2 Å². The van der Waals surface area contributed by atoms with Crippen molar-refractivity contribution in [3.05, 3.63) is 16.1 Å². The van der Waals surface area contributed by atoms with Gasteiger partial charge in [0.1, 0.15) is 10.7 Å². The summed E-state index contributed by atoms with van der Waals surface area (Å²) in [7, 11) is 0. The second-order valence-corrected chi connectivity index (χ2v) is 7.35. The molecule has 5 nitrogen and oxygen atoms in total. The number of carbonyl (C=O) groups is 1. The van der Waals surface area contributed by atoms with Gasteiger partial charge < -0.3 is 16.0 Å². The van der Waals surface area contributed by atoms with Crippen molar-refractivity contribution >= 4 is 17.2 Å². The van der Waals surface area contributed by atoms with Crippen LogP contribution in [0.4, 0.5) is 0 Å². The van der Waals surface area contributed by atoms with E-state index in [9.17, 15) is 4.79 Å². The minimum atomic E-state index is -0.0490. The molecule has 2 aliphatic rings. The molecule has 6 heteroatoms. The highest BCUT2D eigenvalue weighted by atomic mass is 32.1. The fourth-order valence-corrected chi connectivity index (χ4v) is 4.28.